The summed E-state index contributed by atoms with van der Waals surface area (Å²) in [6, 6.07) is 8.07. The fourth-order valence-corrected chi connectivity index (χ4v) is 3.34. The predicted octanol–water partition coefficient (Wildman–Crippen LogP) is 4.11. The number of nitrogens with zero attached hydrogens (tertiary/aromatic N) is 1. The van der Waals surface area contributed by atoms with Crippen LogP contribution in [0.25, 0.3) is 0 Å². The van der Waals surface area contributed by atoms with E-state index in [9.17, 15) is 0 Å². The topological polar surface area (TPSA) is 15.3 Å². The van der Waals surface area contributed by atoms with Crippen molar-refractivity contribution in [2.75, 3.05) is 18.5 Å². The quantitative estimate of drug-likeness (QED) is 0.847. The third-order valence-corrected chi connectivity index (χ3v) is 5.04. The third kappa shape index (κ3) is 3.14. The lowest BCUT2D eigenvalue weighted by atomic mass is 10.1. The van der Waals surface area contributed by atoms with Gasteiger partial charge in [0.15, 0.2) is 0 Å². The summed E-state index contributed by atoms with van der Waals surface area (Å²) in [6.07, 6.45) is 5.61. The number of hydrogen-bond donors (Lipinski definition) is 1. The summed E-state index contributed by atoms with van der Waals surface area (Å²) in [5, 5.41) is 3.30. The molecule has 0 radical (unpaired) electrons. The monoisotopic (exact) mass is 322 g/mol. The van der Waals surface area contributed by atoms with Crippen molar-refractivity contribution in [3.8, 4) is 0 Å². The third-order valence-electron chi connectivity index (χ3n) is 4.35. The lowest BCUT2D eigenvalue weighted by Gasteiger charge is -2.26. The summed E-state index contributed by atoms with van der Waals surface area (Å²) in [5.41, 5.74) is 2.74. The van der Waals surface area contributed by atoms with E-state index in [0.717, 1.165) is 12.0 Å². The lowest BCUT2D eigenvalue weighted by molar-refractivity contribution is 0.649. The molecule has 3 heteroatoms. The average molecular weight is 323 g/mol. The molecule has 1 N–H and O–H groups in total. The van der Waals surface area contributed by atoms with Gasteiger partial charge in [0.2, 0.25) is 0 Å². The molecule has 0 spiro atoms. The van der Waals surface area contributed by atoms with Crippen LogP contribution in [0, 0.1) is 5.92 Å². The van der Waals surface area contributed by atoms with Crippen molar-refractivity contribution in [2.24, 2.45) is 5.92 Å². The van der Waals surface area contributed by atoms with Crippen LogP contribution in [0.1, 0.15) is 44.2 Å². The first kappa shape index (κ1) is 13.4. The number of anilines is 1. The minimum absolute atomic E-state index is 0.390. The molecular formula is C16H23BrN2. The van der Waals surface area contributed by atoms with Crippen LogP contribution in [-0.2, 0) is 0 Å². The highest BCUT2D eigenvalue weighted by molar-refractivity contribution is 9.10. The Labute approximate surface area is 124 Å². The normalized spacial score (nSPS) is 20.4. The second kappa shape index (κ2) is 5.45. The first-order chi connectivity index (χ1) is 9.19. The minimum Gasteiger partial charge on any atom is -0.368 e. The van der Waals surface area contributed by atoms with Crippen molar-refractivity contribution in [1.82, 2.24) is 5.32 Å². The van der Waals surface area contributed by atoms with Crippen LogP contribution in [0.4, 0.5) is 5.69 Å². The molecule has 19 heavy (non-hydrogen) atoms. The summed E-state index contributed by atoms with van der Waals surface area (Å²) in [7, 11) is 2.01. The van der Waals surface area contributed by atoms with E-state index in [2.05, 4.69) is 51.3 Å². The lowest BCUT2D eigenvalue weighted by Crippen LogP contribution is -2.28. The number of nitrogens with one attached hydrogen (secondary N) is 1. The molecule has 0 heterocycles. The Morgan fingerprint density at radius 2 is 2.05 bits per heavy atom. The van der Waals surface area contributed by atoms with Gasteiger partial charge in [-0.15, -0.1) is 0 Å². The Hall–Kier alpha value is -0.540. The van der Waals surface area contributed by atoms with Gasteiger partial charge in [-0.1, -0.05) is 22.0 Å². The fourth-order valence-electron chi connectivity index (χ4n) is 2.63. The molecule has 2 saturated carbocycles. The number of hydrogen-bond acceptors (Lipinski definition) is 2. The van der Waals surface area contributed by atoms with Crippen molar-refractivity contribution < 1.29 is 0 Å². The van der Waals surface area contributed by atoms with E-state index in [1.807, 2.05) is 7.05 Å². The van der Waals surface area contributed by atoms with E-state index in [1.165, 1.54) is 48.0 Å². The molecule has 0 saturated heterocycles. The van der Waals surface area contributed by atoms with Crippen molar-refractivity contribution in [3.63, 3.8) is 0 Å². The van der Waals surface area contributed by atoms with E-state index in [0.29, 0.717) is 6.04 Å². The SMILES string of the molecule is CNC(C)c1ccc(N(CC2CC2)C2CC2)cc1Br. The average Bonchev–Trinajstić information content (AvgIpc) is 3.27. The molecule has 104 valence electrons. The summed E-state index contributed by atoms with van der Waals surface area (Å²) >= 11 is 3.74. The molecule has 3 rings (SSSR count). The van der Waals surface area contributed by atoms with E-state index < -0.39 is 0 Å². The van der Waals surface area contributed by atoms with Crippen molar-refractivity contribution in [2.45, 2.75) is 44.7 Å². The molecule has 2 aliphatic carbocycles. The van der Waals surface area contributed by atoms with Gasteiger partial charge in [0, 0.05) is 28.8 Å². The van der Waals surface area contributed by atoms with E-state index >= 15 is 0 Å². The van der Waals surface area contributed by atoms with Crippen molar-refractivity contribution in [1.29, 1.82) is 0 Å². The maximum Gasteiger partial charge on any atom is 0.0380 e. The van der Waals surface area contributed by atoms with Crippen LogP contribution in [0.3, 0.4) is 0 Å². The van der Waals surface area contributed by atoms with Crippen LogP contribution < -0.4 is 10.2 Å². The zero-order valence-electron chi connectivity index (χ0n) is 11.8. The van der Waals surface area contributed by atoms with Crippen LogP contribution in [0.15, 0.2) is 22.7 Å². The first-order valence-corrected chi connectivity index (χ1v) is 8.21. The summed E-state index contributed by atoms with van der Waals surface area (Å²) in [5.74, 6) is 0.954. The Morgan fingerprint density at radius 1 is 1.32 bits per heavy atom. The Morgan fingerprint density at radius 3 is 2.58 bits per heavy atom. The zero-order chi connectivity index (χ0) is 13.4. The largest absolute Gasteiger partial charge is 0.368 e. The Kier molecular flexibility index (Phi) is 3.86. The highest BCUT2D eigenvalue weighted by Gasteiger charge is 2.34. The van der Waals surface area contributed by atoms with Crippen molar-refractivity contribution in [3.05, 3.63) is 28.2 Å². The number of halogens is 1. The van der Waals surface area contributed by atoms with Gasteiger partial charge >= 0.3 is 0 Å². The van der Waals surface area contributed by atoms with Gasteiger partial charge in [-0.05, 0) is 63.3 Å². The molecule has 0 amide bonds. The number of benzene rings is 1. The minimum atomic E-state index is 0.390. The molecule has 1 aromatic carbocycles. The molecule has 0 bridgehead atoms. The van der Waals surface area contributed by atoms with Gasteiger partial charge in [-0.25, -0.2) is 0 Å². The molecule has 0 aromatic heterocycles. The van der Waals surface area contributed by atoms with E-state index in [1.54, 1.807) is 0 Å². The molecular weight excluding hydrogens is 300 g/mol. The molecule has 1 atom stereocenters. The molecule has 2 aliphatic rings. The zero-order valence-corrected chi connectivity index (χ0v) is 13.4. The smallest absolute Gasteiger partial charge is 0.0380 e. The Balaban J connectivity index is 1.80. The maximum atomic E-state index is 3.74. The van der Waals surface area contributed by atoms with Crippen LogP contribution >= 0.6 is 15.9 Å². The molecule has 1 aromatic rings. The standard InChI is InChI=1S/C16H23BrN2/c1-11(18-2)15-8-7-14(9-16(15)17)19(13-5-6-13)10-12-3-4-12/h7-9,11-13,18H,3-6,10H2,1-2H3. The molecule has 2 nitrogen and oxygen atoms in total. The molecule has 2 fully saturated rings. The second-order valence-corrected chi connectivity index (χ2v) is 6.90. The highest BCUT2D eigenvalue weighted by atomic mass is 79.9. The van der Waals surface area contributed by atoms with Crippen LogP contribution in [0.5, 0.6) is 0 Å². The second-order valence-electron chi connectivity index (χ2n) is 6.04. The highest BCUT2D eigenvalue weighted by Crippen LogP contribution is 2.39. The number of rotatable bonds is 6. The summed E-state index contributed by atoms with van der Waals surface area (Å²) in [6.45, 7) is 3.46. The maximum absolute atomic E-state index is 3.74. The van der Waals surface area contributed by atoms with Gasteiger partial charge in [0.1, 0.15) is 0 Å². The van der Waals surface area contributed by atoms with Gasteiger partial charge in [0.05, 0.1) is 0 Å². The first-order valence-electron chi connectivity index (χ1n) is 7.42. The van der Waals surface area contributed by atoms with Crippen LogP contribution in [0.2, 0.25) is 0 Å². The van der Waals surface area contributed by atoms with Gasteiger partial charge in [0.25, 0.3) is 0 Å². The summed E-state index contributed by atoms with van der Waals surface area (Å²) in [4.78, 5) is 2.64. The summed E-state index contributed by atoms with van der Waals surface area (Å²) < 4.78 is 1.23. The fraction of sp³-hybridized carbons (Fsp3) is 0.625. The van der Waals surface area contributed by atoms with Gasteiger partial charge < -0.3 is 10.2 Å². The molecule has 1 unspecified atom stereocenters. The van der Waals surface area contributed by atoms with Crippen LogP contribution in [-0.4, -0.2) is 19.6 Å². The van der Waals surface area contributed by atoms with Gasteiger partial charge in [-0.3, -0.25) is 0 Å². The van der Waals surface area contributed by atoms with Crippen molar-refractivity contribution >= 4 is 21.6 Å². The Bertz CT molecular complexity index is 452. The van der Waals surface area contributed by atoms with E-state index in [4.69, 9.17) is 0 Å². The predicted molar refractivity (Wildman–Crippen MR) is 84.7 cm³/mol. The van der Waals surface area contributed by atoms with Gasteiger partial charge in [-0.2, -0.15) is 0 Å². The van der Waals surface area contributed by atoms with E-state index in [-0.39, 0.29) is 0 Å². The molecule has 0 aliphatic heterocycles.